The minimum atomic E-state index is -0.952. The molecule has 1 heterocycles. The molecule has 0 saturated heterocycles. The Kier molecular flexibility index (Phi) is 4.42. The van der Waals surface area contributed by atoms with Crippen molar-refractivity contribution in [2.45, 2.75) is 45.1 Å². The van der Waals surface area contributed by atoms with E-state index in [-0.39, 0.29) is 11.8 Å². The molecule has 1 unspecified atom stereocenters. The minimum Gasteiger partial charge on any atom is -0.480 e. The standard InChI is InChI=1S/C14H21N3O3/c1-9-11(8-17(2)16-9)13(18)15-12(14(19)20)10-6-4-3-5-7-10/h8,10,12H,3-7H2,1-2H3,(H,15,18)(H,19,20). The Morgan fingerprint density at radius 1 is 1.40 bits per heavy atom. The fourth-order valence-electron chi connectivity index (χ4n) is 2.89. The van der Waals surface area contributed by atoms with Crippen molar-refractivity contribution in [3.8, 4) is 0 Å². The maximum absolute atomic E-state index is 12.2. The van der Waals surface area contributed by atoms with Gasteiger partial charge in [-0.2, -0.15) is 5.10 Å². The van der Waals surface area contributed by atoms with E-state index in [1.54, 1.807) is 24.9 Å². The summed E-state index contributed by atoms with van der Waals surface area (Å²) in [5, 5.41) is 16.1. The summed E-state index contributed by atoms with van der Waals surface area (Å²) in [6.07, 6.45) is 6.57. The average molecular weight is 279 g/mol. The molecule has 1 aliphatic carbocycles. The summed E-state index contributed by atoms with van der Waals surface area (Å²) in [5.74, 6) is -1.28. The minimum absolute atomic E-state index is 0.0298. The lowest BCUT2D eigenvalue weighted by molar-refractivity contribution is -0.141. The summed E-state index contributed by atoms with van der Waals surface area (Å²) in [7, 11) is 1.74. The number of aromatic nitrogens is 2. The normalized spacial score (nSPS) is 17.7. The molecule has 1 aliphatic rings. The van der Waals surface area contributed by atoms with E-state index in [9.17, 15) is 14.7 Å². The first kappa shape index (κ1) is 14.6. The molecule has 0 spiro atoms. The molecule has 1 aromatic rings. The van der Waals surface area contributed by atoms with Gasteiger partial charge in [0.15, 0.2) is 0 Å². The summed E-state index contributed by atoms with van der Waals surface area (Å²) in [6.45, 7) is 1.74. The van der Waals surface area contributed by atoms with Crippen molar-refractivity contribution in [1.82, 2.24) is 15.1 Å². The van der Waals surface area contributed by atoms with E-state index in [0.717, 1.165) is 32.1 Å². The molecular formula is C14H21N3O3. The zero-order valence-corrected chi connectivity index (χ0v) is 11.9. The first-order valence-electron chi connectivity index (χ1n) is 7.03. The summed E-state index contributed by atoms with van der Waals surface area (Å²) in [6, 6.07) is -0.803. The Balaban J connectivity index is 2.09. The highest BCUT2D eigenvalue weighted by Gasteiger charge is 2.31. The number of nitrogens with zero attached hydrogens (tertiary/aromatic N) is 2. The van der Waals surface area contributed by atoms with Crippen molar-refractivity contribution in [3.63, 3.8) is 0 Å². The number of hydrogen-bond donors (Lipinski definition) is 2. The molecule has 6 nitrogen and oxygen atoms in total. The number of nitrogens with one attached hydrogen (secondary N) is 1. The van der Waals surface area contributed by atoms with Gasteiger partial charge >= 0.3 is 5.97 Å². The SMILES string of the molecule is Cc1nn(C)cc1C(=O)NC(C(=O)O)C1CCCCC1. The number of rotatable bonds is 4. The smallest absolute Gasteiger partial charge is 0.326 e. The van der Waals surface area contributed by atoms with Gasteiger partial charge in [-0.05, 0) is 25.7 Å². The van der Waals surface area contributed by atoms with E-state index in [2.05, 4.69) is 10.4 Å². The fraction of sp³-hybridized carbons (Fsp3) is 0.643. The Bertz CT molecular complexity index is 504. The van der Waals surface area contributed by atoms with E-state index < -0.39 is 12.0 Å². The third-order valence-corrected chi connectivity index (χ3v) is 3.93. The maximum atomic E-state index is 12.2. The number of carbonyl (C=O) groups excluding carboxylic acids is 1. The van der Waals surface area contributed by atoms with Gasteiger partial charge in [0.1, 0.15) is 6.04 Å². The van der Waals surface area contributed by atoms with Crippen molar-refractivity contribution < 1.29 is 14.7 Å². The molecule has 0 bridgehead atoms. The molecule has 0 aliphatic heterocycles. The molecule has 2 rings (SSSR count). The third kappa shape index (κ3) is 3.18. The number of aryl methyl sites for hydroxylation is 2. The molecule has 0 aromatic carbocycles. The highest BCUT2D eigenvalue weighted by Crippen LogP contribution is 2.26. The highest BCUT2D eigenvalue weighted by atomic mass is 16.4. The number of amides is 1. The maximum Gasteiger partial charge on any atom is 0.326 e. The van der Waals surface area contributed by atoms with Crippen molar-refractivity contribution in [2.75, 3.05) is 0 Å². The number of hydrogen-bond acceptors (Lipinski definition) is 3. The van der Waals surface area contributed by atoms with Gasteiger partial charge in [-0.1, -0.05) is 19.3 Å². The Labute approximate surface area is 118 Å². The highest BCUT2D eigenvalue weighted by molar-refractivity contribution is 5.97. The summed E-state index contributed by atoms with van der Waals surface area (Å²) in [5.41, 5.74) is 1.05. The molecule has 1 atom stereocenters. The summed E-state index contributed by atoms with van der Waals surface area (Å²) in [4.78, 5) is 23.6. The third-order valence-electron chi connectivity index (χ3n) is 3.93. The van der Waals surface area contributed by atoms with Crippen LogP contribution < -0.4 is 5.32 Å². The lowest BCUT2D eigenvalue weighted by atomic mass is 9.84. The predicted octanol–water partition coefficient (Wildman–Crippen LogP) is 1.49. The molecule has 1 fully saturated rings. The lowest BCUT2D eigenvalue weighted by Crippen LogP contribution is -2.46. The van der Waals surface area contributed by atoms with E-state index in [4.69, 9.17) is 0 Å². The Morgan fingerprint density at radius 2 is 2.05 bits per heavy atom. The van der Waals surface area contributed by atoms with Crippen LogP contribution in [0.2, 0.25) is 0 Å². The number of carboxylic acids is 1. The van der Waals surface area contributed by atoms with Crippen LogP contribution in [0.4, 0.5) is 0 Å². The van der Waals surface area contributed by atoms with Crippen LogP contribution in [-0.2, 0) is 11.8 Å². The van der Waals surface area contributed by atoms with Crippen molar-refractivity contribution in [1.29, 1.82) is 0 Å². The number of carbonyl (C=O) groups is 2. The molecule has 1 saturated carbocycles. The molecule has 110 valence electrons. The van der Waals surface area contributed by atoms with Crippen LogP contribution in [0.1, 0.15) is 48.2 Å². The van der Waals surface area contributed by atoms with Crippen LogP contribution in [0.25, 0.3) is 0 Å². The van der Waals surface area contributed by atoms with E-state index in [1.165, 1.54) is 0 Å². The number of carboxylic acid groups (broad SMARTS) is 1. The van der Waals surface area contributed by atoms with E-state index >= 15 is 0 Å². The zero-order valence-electron chi connectivity index (χ0n) is 11.9. The van der Waals surface area contributed by atoms with Gasteiger partial charge in [0.05, 0.1) is 11.3 Å². The van der Waals surface area contributed by atoms with Crippen LogP contribution in [0, 0.1) is 12.8 Å². The topological polar surface area (TPSA) is 84.2 Å². The average Bonchev–Trinajstić information content (AvgIpc) is 2.75. The second-order valence-corrected chi connectivity index (χ2v) is 5.49. The van der Waals surface area contributed by atoms with Crippen molar-refractivity contribution >= 4 is 11.9 Å². The first-order valence-corrected chi connectivity index (χ1v) is 7.03. The van der Waals surface area contributed by atoms with Gasteiger partial charge < -0.3 is 10.4 Å². The van der Waals surface area contributed by atoms with Crippen molar-refractivity contribution in [3.05, 3.63) is 17.5 Å². The molecule has 2 N–H and O–H groups in total. The van der Waals surface area contributed by atoms with Crippen LogP contribution in [-0.4, -0.2) is 32.8 Å². The van der Waals surface area contributed by atoms with Crippen LogP contribution >= 0.6 is 0 Å². The van der Waals surface area contributed by atoms with Gasteiger partial charge in [-0.15, -0.1) is 0 Å². The van der Waals surface area contributed by atoms with Crippen LogP contribution in [0.3, 0.4) is 0 Å². The summed E-state index contributed by atoms with van der Waals surface area (Å²) >= 11 is 0. The van der Waals surface area contributed by atoms with E-state index in [1.807, 2.05) is 0 Å². The van der Waals surface area contributed by atoms with Gasteiger partial charge in [0, 0.05) is 13.2 Å². The monoisotopic (exact) mass is 279 g/mol. The zero-order chi connectivity index (χ0) is 14.7. The van der Waals surface area contributed by atoms with Gasteiger partial charge in [0.2, 0.25) is 0 Å². The second kappa shape index (κ2) is 6.07. The molecule has 20 heavy (non-hydrogen) atoms. The molecule has 6 heteroatoms. The second-order valence-electron chi connectivity index (χ2n) is 5.49. The van der Waals surface area contributed by atoms with E-state index in [0.29, 0.717) is 11.3 Å². The Hall–Kier alpha value is -1.85. The molecule has 1 aromatic heterocycles. The lowest BCUT2D eigenvalue weighted by Gasteiger charge is -2.27. The van der Waals surface area contributed by atoms with Gasteiger partial charge in [-0.3, -0.25) is 9.48 Å². The van der Waals surface area contributed by atoms with Gasteiger partial charge in [-0.25, -0.2) is 4.79 Å². The largest absolute Gasteiger partial charge is 0.480 e. The molecule has 1 amide bonds. The first-order chi connectivity index (χ1) is 9.49. The van der Waals surface area contributed by atoms with Gasteiger partial charge in [0.25, 0.3) is 5.91 Å². The predicted molar refractivity (Wildman–Crippen MR) is 73.4 cm³/mol. The van der Waals surface area contributed by atoms with Crippen LogP contribution in [0.15, 0.2) is 6.20 Å². The Morgan fingerprint density at radius 3 is 2.55 bits per heavy atom. The molecule has 0 radical (unpaired) electrons. The van der Waals surface area contributed by atoms with Crippen molar-refractivity contribution in [2.24, 2.45) is 13.0 Å². The number of aliphatic carboxylic acids is 1. The fourth-order valence-corrected chi connectivity index (χ4v) is 2.89. The summed E-state index contributed by atoms with van der Waals surface area (Å²) < 4.78 is 1.56. The quantitative estimate of drug-likeness (QED) is 0.874. The van der Waals surface area contributed by atoms with Crippen LogP contribution in [0.5, 0.6) is 0 Å². The molecular weight excluding hydrogens is 258 g/mol.